The Labute approximate surface area is 95.6 Å². The highest BCUT2D eigenvalue weighted by molar-refractivity contribution is 5.82. The molecule has 0 rings (SSSR count). The molecule has 6 heteroatoms. The first-order chi connectivity index (χ1) is 7.52. The number of ether oxygens (including phenoxy) is 1. The highest BCUT2D eigenvalue weighted by Crippen LogP contribution is 1.98. The molecule has 16 heavy (non-hydrogen) atoms. The van der Waals surface area contributed by atoms with Gasteiger partial charge in [-0.15, -0.1) is 0 Å². The Bertz CT molecular complexity index is 233. The minimum atomic E-state index is -1.00. The number of carbonyl (C=O) groups is 2. The molecule has 1 unspecified atom stereocenters. The van der Waals surface area contributed by atoms with Crippen LogP contribution >= 0.6 is 0 Å². The second-order valence-electron chi connectivity index (χ2n) is 3.54. The third-order valence-electron chi connectivity index (χ3n) is 2.15. The minimum Gasteiger partial charge on any atom is -0.480 e. The van der Waals surface area contributed by atoms with E-state index >= 15 is 0 Å². The van der Waals surface area contributed by atoms with Crippen LogP contribution in [0.5, 0.6) is 0 Å². The van der Waals surface area contributed by atoms with Gasteiger partial charge >= 0.3 is 12.0 Å². The molecule has 2 N–H and O–H groups in total. The first kappa shape index (κ1) is 14.7. The van der Waals surface area contributed by atoms with Crippen molar-refractivity contribution >= 4 is 12.0 Å². The largest absolute Gasteiger partial charge is 0.480 e. The van der Waals surface area contributed by atoms with Crippen LogP contribution in [-0.4, -0.2) is 55.4 Å². The second kappa shape index (κ2) is 7.92. The second-order valence-corrected chi connectivity index (χ2v) is 3.54. The Hall–Kier alpha value is -1.30. The van der Waals surface area contributed by atoms with Crippen LogP contribution in [0.1, 0.15) is 19.8 Å². The molecule has 2 amide bonds. The smallest absolute Gasteiger partial charge is 0.326 e. The molecule has 6 nitrogen and oxygen atoms in total. The van der Waals surface area contributed by atoms with Gasteiger partial charge in [0.25, 0.3) is 0 Å². The summed E-state index contributed by atoms with van der Waals surface area (Å²) in [5.41, 5.74) is 0. The summed E-state index contributed by atoms with van der Waals surface area (Å²) < 4.78 is 4.82. The van der Waals surface area contributed by atoms with Gasteiger partial charge in [-0.2, -0.15) is 0 Å². The fourth-order valence-corrected chi connectivity index (χ4v) is 1.14. The molecule has 0 bridgehead atoms. The van der Waals surface area contributed by atoms with E-state index in [0.29, 0.717) is 26.0 Å². The van der Waals surface area contributed by atoms with Crippen LogP contribution in [0.15, 0.2) is 0 Å². The van der Waals surface area contributed by atoms with E-state index in [1.165, 1.54) is 4.90 Å². The number of hydrogen-bond donors (Lipinski definition) is 2. The van der Waals surface area contributed by atoms with Gasteiger partial charge in [-0.05, 0) is 6.42 Å². The van der Waals surface area contributed by atoms with Crippen molar-refractivity contribution in [2.45, 2.75) is 25.8 Å². The highest BCUT2D eigenvalue weighted by Gasteiger charge is 2.20. The average molecular weight is 232 g/mol. The molecule has 0 fully saturated rings. The number of nitrogens with zero attached hydrogens (tertiary/aromatic N) is 1. The Morgan fingerprint density at radius 2 is 2.12 bits per heavy atom. The Morgan fingerprint density at radius 3 is 2.56 bits per heavy atom. The summed E-state index contributed by atoms with van der Waals surface area (Å²) >= 11 is 0. The van der Waals surface area contributed by atoms with Crippen molar-refractivity contribution in [3.8, 4) is 0 Å². The topological polar surface area (TPSA) is 78.9 Å². The Morgan fingerprint density at radius 1 is 1.50 bits per heavy atom. The molecular weight excluding hydrogens is 212 g/mol. The van der Waals surface area contributed by atoms with Gasteiger partial charge in [-0.1, -0.05) is 13.3 Å². The van der Waals surface area contributed by atoms with E-state index in [0.717, 1.165) is 0 Å². The van der Waals surface area contributed by atoms with Gasteiger partial charge in [0.05, 0.1) is 6.61 Å². The molecule has 0 radical (unpaired) electrons. The van der Waals surface area contributed by atoms with Crippen molar-refractivity contribution in [3.63, 3.8) is 0 Å². The van der Waals surface area contributed by atoms with Crippen LogP contribution < -0.4 is 5.32 Å². The normalized spacial score (nSPS) is 11.9. The van der Waals surface area contributed by atoms with Gasteiger partial charge in [0.15, 0.2) is 0 Å². The fourth-order valence-electron chi connectivity index (χ4n) is 1.14. The molecule has 94 valence electrons. The predicted molar refractivity (Wildman–Crippen MR) is 59.4 cm³/mol. The third kappa shape index (κ3) is 5.55. The number of methoxy groups -OCH3 is 1. The van der Waals surface area contributed by atoms with Gasteiger partial charge < -0.3 is 20.1 Å². The number of aliphatic carboxylic acids is 1. The number of rotatable bonds is 7. The molecule has 0 aromatic heterocycles. The lowest BCUT2D eigenvalue weighted by atomic mass is 10.2. The zero-order valence-corrected chi connectivity index (χ0v) is 10.0. The van der Waals surface area contributed by atoms with Crippen LogP contribution in [0.4, 0.5) is 4.79 Å². The van der Waals surface area contributed by atoms with Gasteiger partial charge in [0.2, 0.25) is 0 Å². The maximum atomic E-state index is 11.5. The third-order valence-corrected chi connectivity index (χ3v) is 2.15. The summed E-state index contributed by atoms with van der Waals surface area (Å²) in [5, 5.41) is 11.3. The van der Waals surface area contributed by atoms with E-state index in [4.69, 9.17) is 9.84 Å². The number of nitrogens with one attached hydrogen (secondary N) is 1. The number of amides is 2. The van der Waals surface area contributed by atoms with E-state index in [-0.39, 0.29) is 0 Å². The molecule has 0 aliphatic carbocycles. The van der Waals surface area contributed by atoms with E-state index in [1.54, 1.807) is 14.2 Å². The van der Waals surface area contributed by atoms with Crippen LogP contribution in [0.2, 0.25) is 0 Å². The zero-order chi connectivity index (χ0) is 12.6. The molecule has 0 aromatic rings. The quantitative estimate of drug-likeness (QED) is 0.671. The van der Waals surface area contributed by atoms with Crippen molar-refractivity contribution in [2.75, 3.05) is 27.3 Å². The summed E-state index contributed by atoms with van der Waals surface area (Å²) in [6.07, 6.45) is 1.14. The number of carbonyl (C=O) groups excluding carboxylic acids is 1. The Balaban J connectivity index is 4.12. The van der Waals surface area contributed by atoms with Crippen molar-refractivity contribution in [2.24, 2.45) is 0 Å². The number of carboxylic acids is 1. The number of likely N-dealkylation sites (N-methyl/N-ethyl adjacent to an activating group) is 1. The van der Waals surface area contributed by atoms with Crippen LogP contribution in [0.25, 0.3) is 0 Å². The first-order valence-corrected chi connectivity index (χ1v) is 5.26. The molecular formula is C10H20N2O4. The van der Waals surface area contributed by atoms with Gasteiger partial charge in [0, 0.05) is 20.7 Å². The number of hydrogen-bond acceptors (Lipinski definition) is 3. The first-order valence-electron chi connectivity index (χ1n) is 5.26. The van der Waals surface area contributed by atoms with Crippen molar-refractivity contribution in [3.05, 3.63) is 0 Å². The molecule has 0 heterocycles. The maximum absolute atomic E-state index is 11.5. The summed E-state index contributed by atoms with van der Waals surface area (Å²) in [5.74, 6) is -1.00. The summed E-state index contributed by atoms with van der Waals surface area (Å²) in [6, 6.07) is -1.21. The molecule has 0 aromatic carbocycles. The predicted octanol–water partition coefficient (Wildman–Crippen LogP) is 0.527. The molecule has 1 atom stereocenters. The molecule has 0 saturated heterocycles. The average Bonchev–Trinajstić information content (AvgIpc) is 2.24. The monoisotopic (exact) mass is 232 g/mol. The zero-order valence-electron chi connectivity index (χ0n) is 10.0. The lowest BCUT2D eigenvalue weighted by Gasteiger charge is -2.20. The van der Waals surface area contributed by atoms with E-state index < -0.39 is 18.0 Å². The van der Waals surface area contributed by atoms with Gasteiger partial charge in [0.1, 0.15) is 6.04 Å². The standard InChI is InChI=1S/C10H20N2O4/c1-4-5-8(9(13)14)11-10(15)12(2)6-7-16-3/h8H,4-7H2,1-3H3,(H,11,15)(H,13,14). The molecule has 0 aliphatic heterocycles. The van der Waals surface area contributed by atoms with E-state index in [1.807, 2.05) is 6.92 Å². The summed E-state index contributed by atoms with van der Waals surface area (Å²) in [7, 11) is 3.14. The van der Waals surface area contributed by atoms with Crippen LogP contribution in [-0.2, 0) is 9.53 Å². The van der Waals surface area contributed by atoms with Crippen molar-refractivity contribution in [1.82, 2.24) is 10.2 Å². The minimum absolute atomic E-state index is 0.391. The molecule has 0 aliphatic rings. The van der Waals surface area contributed by atoms with E-state index in [2.05, 4.69) is 5.32 Å². The van der Waals surface area contributed by atoms with Crippen molar-refractivity contribution < 1.29 is 19.4 Å². The summed E-state index contributed by atoms with van der Waals surface area (Å²) in [4.78, 5) is 23.7. The van der Waals surface area contributed by atoms with Gasteiger partial charge in [-0.3, -0.25) is 0 Å². The highest BCUT2D eigenvalue weighted by atomic mass is 16.5. The maximum Gasteiger partial charge on any atom is 0.326 e. The Kier molecular flexibility index (Phi) is 7.28. The van der Waals surface area contributed by atoms with Crippen LogP contribution in [0, 0.1) is 0 Å². The van der Waals surface area contributed by atoms with E-state index in [9.17, 15) is 9.59 Å². The molecule has 0 saturated carbocycles. The lowest BCUT2D eigenvalue weighted by Crippen LogP contribution is -2.47. The molecule has 0 spiro atoms. The SMILES string of the molecule is CCCC(NC(=O)N(C)CCOC)C(=O)O. The fraction of sp³-hybridized carbons (Fsp3) is 0.800. The van der Waals surface area contributed by atoms with Crippen molar-refractivity contribution in [1.29, 1.82) is 0 Å². The van der Waals surface area contributed by atoms with Gasteiger partial charge in [-0.25, -0.2) is 9.59 Å². The summed E-state index contributed by atoms with van der Waals surface area (Å²) in [6.45, 7) is 2.73. The van der Waals surface area contributed by atoms with Crippen LogP contribution in [0.3, 0.4) is 0 Å². The lowest BCUT2D eigenvalue weighted by molar-refractivity contribution is -0.139. The number of urea groups is 1. The number of carboxylic acid groups (broad SMARTS) is 1.